The van der Waals surface area contributed by atoms with Crippen molar-refractivity contribution in [3.05, 3.63) is 23.9 Å². The van der Waals surface area contributed by atoms with Crippen LogP contribution in [0.1, 0.15) is 23.3 Å². The normalized spacial score (nSPS) is 23.4. The van der Waals surface area contributed by atoms with Crippen LogP contribution < -0.4 is 10.6 Å². The molecule has 3 aliphatic rings. The molecule has 0 unspecified atom stereocenters. The number of hydrogen-bond acceptors (Lipinski definition) is 6. The minimum Gasteiger partial charge on any atom is -0.383 e. The maximum atomic E-state index is 13.2. The van der Waals surface area contributed by atoms with Gasteiger partial charge in [0.15, 0.2) is 5.69 Å². The van der Waals surface area contributed by atoms with Gasteiger partial charge in [-0.25, -0.2) is 0 Å². The van der Waals surface area contributed by atoms with E-state index in [0.29, 0.717) is 37.9 Å². The molecule has 0 radical (unpaired) electrons. The number of amides is 1. The smallest absolute Gasteiger partial charge is 0.272 e. The van der Waals surface area contributed by atoms with Gasteiger partial charge in [-0.1, -0.05) is 0 Å². The number of fused-ring (bicyclic) bond motifs is 4. The lowest BCUT2D eigenvalue weighted by atomic mass is 9.84. The summed E-state index contributed by atoms with van der Waals surface area (Å²) in [6.45, 7) is 5.74. The Morgan fingerprint density at radius 2 is 2.00 bits per heavy atom. The van der Waals surface area contributed by atoms with Crippen molar-refractivity contribution in [1.82, 2.24) is 20.0 Å². The molecule has 2 N–H and O–H groups in total. The number of carbonyl (C=O) groups is 1. The number of nitrogens with zero attached hydrogens (tertiary/aromatic N) is 3. The van der Waals surface area contributed by atoms with Crippen LogP contribution in [0.2, 0.25) is 0 Å². The van der Waals surface area contributed by atoms with Crippen molar-refractivity contribution in [2.24, 2.45) is 5.92 Å². The maximum Gasteiger partial charge on any atom is 0.272 e. The van der Waals surface area contributed by atoms with Gasteiger partial charge in [0.25, 0.3) is 5.91 Å². The quantitative estimate of drug-likeness (QED) is 0.621. The number of aromatic nitrogens is 2. The summed E-state index contributed by atoms with van der Waals surface area (Å²) in [6, 6.07) is 6.25. The number of benzene rings is 1. The first-order valence-electron chi connectivity index (χ1n) is 10.4. The lowest BCUT2D eigenvalue weighted by Crippen LogP contribution is -2.57. The molecule has 3 fully saturated rings. The van der Waals surface area contributed by atoms with E-state index >= 15 is 0 Å². The first kappa shape index (κ1) is 20.1. The number of carbonyl (C=O) groups excluding carboxylic acids is 1. The van der Waals surface area contributed by atoms with Crippen LogP contribution in [-0.2, 0) is 16.0 Å². The molecule has 5 rings (SSSR count). The van der Waals surface area contributed by atoms with Crippen molar-refractivity contribution in [3.63, 3.8) is 0 Å². The van der Waals surface area contributed by atoms with Crippen molar-refractivity contribution in [3.8, 4) is 0 Å². The summed E-state index contributed by atoms with van der Waals surface area (Å²) in [5.41, 5.74) is 2.39. The maximum absolute atomic E-state index is 13.2. The highest BCUT2D eigenvalue weighted by Gasteiger charge is 2.35. The number of nitrogens with one attached hydrogen (secondary N) is 2. The number of ether oxygens (including phenoxy) is 2. The van der Waals surface area contributed by atoms with Gasteiger partial charge in [-0.15, -0.1) is 0 Å². The molecule has 8 heteroatoms. The molecule has 2 aromatic rings. The number of piperidine rings is 3. The Kier molecular flexibility index (Phi) is 6.32. The topological polar surface area (TPSA) is 80.7 Å². The summed E-state index contributed by atoms with van der Waals surface area (Å²) >= 11 is 0. The van der Waals surface area contributed by atoms with Crippen LogP contribution in [0.5, 0.6) is 0 Å². The molecular weight excluding hydrogens is 370 g/mol. The minimum absolute atomic E-state index is 0.0843. The zero-order valence-electron chi connectivity index (χ0n) is 17.3. The van der Waals surface area contributed by atoms with E-state index in [1.165, 1.54) is 12.8 Å². The first-order valence-corrected chi connectivity index (χ1v) is 10.4. The summed E-state index contributed by atoms with van der Waals surface area (Å²) < 4.78 is 12.2. The number of hydrogen-bond donors (Lipinski definition) is 2. The van der Waals surface area contributed by atoms with Crippen molar-refractivity contribution < 1.29 is 14.3 Å². The van der Waals surface area contributed by atoms with Crippen molar-refractivity contribution >= 4 is 22.5 Å². The molecule has 3 aliphatic heterocycles. The summed E-state index contributed by atoms with van der Waals surface area (Å²) in [7, 11) is 3.35. The molecule has 1 atom stereocenters. The average Bonchev–Trinajstić information content (AvgIpc) is 3.11. The lowest BCUT2D eigenvalue weighted by molar-refractivity contribution is 0.0618. The third-order valence-electron chi connectivity index (χ3n) is 6.08. The van der Waals surface area contributed by atoms with Crippen molar-refractivity contribution in [2.45, 2.75) is 25.4 Å². The molecule has 3 saturated heterocycles. The minimum atomic E-state index is -0.0843. The second-order valence-electron chi connectivity index (χ2n) is 7.93. The molecule has 0 saturated carbocycles. The summed E-state index contributed by atoms with van der Waals surface area (Å²) in [5, 5.41) is 12.1. The molecular formula is C21H31N5O3. The Morgan fingerprint density at radius 1 is 1.21 bits per heavy atom. The predicted octanol–water partition coefficient (Wildman–Crippen LogP) is 1.56. The monoisotopic (exact) mass is 401 g/mol. The van der Waals surface area contributed by atoms with Gasteiger partial charge in [-0.2, -0.15) is 5.10 Å². The molecule has 1 aromatic carbocycles. The Labute approximate surface area is 171 Å². The molecule has 158 valence electrons. The van der Waals surface area contributed by atoms with Crippen molar-refractivity contribution in [1.29, 1.82) is 0 Å². The largest absolute Gasteiger partial charge is 0.383 e. The van der Waals surface area contributed by atoms with Gasteiger partial charge in [0, 0.05) is 44.4 Å². The summed E-state index contributed by atoms with van der Waals surface area (Å²) in [5.74, 6) is 0.496. The molecule has 2 bridgehead atoms. The van der Waals surface area contributed by atoms with E-state index in [1.54, 1.807) is 14.2 Å². The van der Waals surface area contributed by atoms with Crippen LogP contribution in [0, 0.1) is 5.92 Å². The predicted molar refractivity (Wildman–Crippen MR) is 112 cm³/mol. The Hall–Kier alpha value is -2.16. The first-order chi connectivity index (χ1) is 14.2. The molecule has 1 aromatic heterocycles. The van der Waals surface area contributed by atoms with Gasteiger partial charge in [0.05, 0.1) is 25.3 Å². The van der Waals surface area contributed by atoms with E-state index in [9.17, 15) is 4.79 Å². The van der Waals surface area contributed by atoms with Crippen LogP contribution in [0.25, 0.3) is 10.9 Å². The van der Waals surface area contributed by atoms with Crippen LogP contribution >= 0.6 is 0 Å². The highest BCUT2D eigenvalue weighted by Crippen LogP contribution is 2.28. The van der Waals surface area contributed by atoms with Gasteiger partial charge in [0.1, 0.15) is 0 Å². The number of methoxy groups -OCH3 is 2. The molecule has 29 heavy (non-hydrogen) atoms. The molecule has 0 aliphatic carbocycles. The van der Waals surface area contributed by atoms with E-state index in [-0.39, 0.29) is 11.9 Å². The third-order valence-corrected chi connectivity index (χ3v) is 6.08. The summed E-state index contributed by atoms with van der Waals surface area (Å²) in [4.78, 5) is 15.6. The van der Waals surface area contributed by atoms with E-state index in [4.69, 9.17) is 9.47 Å². The SMILES string of the molecule is COCCNc1ccc2c(c1)c(C(=O)N[C@@H]1CN3CCC1CC3)nn2CCOC. The van der Waals surface area contributed by atoms with Gasteiger partial charge in [-0.05, 0) is 50.0 Å². The van der Waals surface area contributed by atoms with E-state index in [0.717, 1.165) is 36.2 Å². The zero-order chi connectivity index (χ0) is 20.2. The molecule has 0 spiro atoms. The molecule has 1 amide bonds. The lowest BCUT2D eigenvalue weighted by Gasteiger charge is -2.44. The Bertz CT molecular complexity index is 844. The average molecular weight is 402 g/mol. The fourth-order valence-electron chi connectivity index (χ4n) is 4.47. The fourth-order valence-corrected chi connectivity index (χ4v) is 4.47. The van der Waals surface area contributed by atoms with Gasteiger partial charge >= 0.3 is 0 Å². The highest BCUT2D eigenvalue weighted by molar-refractivity contribution is 6.05. The van der Waals surface area contributed by atoms with Crippen LogP contribution in [0.4, 0.5) is 5.69 Å². The number of rotatable bonds is 9. The third kappa shape index (κ3) is 4.39. The zero-order valence-corrected chi connectivity index (χ0v) is 17.3. The van der Waals surface area contributed by atoms with E-state index < -0.39 is 0 Å². The van der Waals surface area contributed by atoms with E-state index in [1.807, 2.05) is 22.9 Å². The summed E-state index contributed by atoms with van der Waals surface area (Å²) in [6.07, 6.45) is 2.34. The van der Waals surface area contributed by atoms with Crippen molar-refractivity contribution in [2.75, 3.05) is 58.9 Å². The van der Waals surface area contributed by atoms with Gasteiger partial charge < -0.3 is 25.0 Å². The second-order valence-corrected chi connectivity index (χ2v) is 7.93. The molecule has 8 nitrogen and oxygen atoms in total. The molecule has 4 heterocycles. The fraction of sp³-hybridized carbons (Fsp3) is 0.619. The van der Waals surface area contributed by atoms with Crippen LogP contribution in [0.3, 0.4) is 0 Å². The van der Waals surface area contributed by atoms with Gasteiger partial charge in [0.2, 0.25) is 0 Å². The Balaban J connectivity index is 1.58. The Morgan fingerprint density at radius 3 is 2.69 bits per heavy atom. The van der Waals surface area contributed by atoms with Gasteiger partial charge in [-0.3, -0.25) is 9.48 Å². The second kappa shape index (κ2) is 9.11. The van der Waals surface area contributed by atoms with Crippen LogP contribution in [-0.4, -0.2) is 80.2 Å². The van der Waals surface area contributed by atoms with Crippen LogP contribution in [0.15, 0.2) is 18.2 Å². The van der Waals surface area contributed by atoms with E-state index in [2.05, 4.69) is 20.6 Å². The number of anilines is 1. The highest BCUT2D eigenvalue weighted by atomic mass is 16.5. The standard InChI is InChI=1S/C21H31N5O3/c1-28-11-7-22-16-3-4-19-17(13-16)20(24-26(19)10-12-29-2)21(27)23-18-14-25-8-5-15(18)6-9-25/h3-4,13,15,18,22H,5-12,14H2,1-2H3,(H,23,27)/t18-/m1/s1.